The Kier molecular flexibility index (Phi) is 3.02. The van der Waals surface area contributed by atoms with E-state index in [0.29, 0.717) is 5.56 Å². The number of hydrogen-bond acceptors (Lipinski definition) is 2. The average molecular weight is 233 g/mol. The first-order valence-electron chi connectivity index (χ1n) is 4.88. The lowest BCUT2D eigenvalue weighted by molar-refractivity contribution is -0.110. The van der Waals surface area contributed by atoms with E-state index in [9.17, 15) is 9.59 Å². The quantitative estimate of drug-likeness (QED) is 0.463. The molecule has 0 aliphatic rings. The number of ketones is 1. The van der Waals surface area contributed by atoms with Gasteiger partial charge in [0.25, 0.3) is 0 Å². The Balaban J connectivity index is 2.52. The molecule has 2 rings (SSSR count). The summed E-state index contributed by atoms with van der Waals surface area (Å²) in [6.07, 6.45) is -0.254. The van der Waals surface area contributed by atoms with Gasteiger partial charge < -0.3 is 0 Å². The summed E-state index contributed by atoms with van der Waals surface area (Å²) < 4.78 is 0. The number of benzene rings is 2. The summed E-state index contributed by atoms with van der Waals surface area (Å²) in [6, 6.07) is 13.0. The number of hydrogen-bond donors (Lipinski definition) is 0. The van der Waals surface area contributed by atoms with E-state index in [2.05, 4.69) is 0 Å². The van der Waals surface area contributed by atoms with Gasteiger partial charge in [-0.25, -0.2) is 0 Å². The van der Waals surface area contributed by atoms with Gasteiger partial charge in [-0.3, -0.25) is 9.59 Å². The van der Waals surface area contributed by atoms with Crippen molar-refractivity contribution in [1.82, 2.24) is 0 Å². The molecule has 2 aromatic carbocycles. The minimum atomic E-state index is -0.627. The molecule has 0 amide bonds. The monoisotopic (exact) mass is 232 g/mol. The highest BCUT2D eigenvalue weighted by atomic mass is 35.5. The highest BCUT2D eigenvalue weighted by Crippen LogP contribution is 2.19. The van der Waals surface area contributed by atoms with Crippen LogP contribution in [0.5, 0.6) is 0 Å². The van der Waals surface area contributed by atoms with Crippen LogP contribution in [0.3, 0.4) is 0 Å². The second-order valence-electron chi connectivity index (χ2n) is 3.48. The van der Waals surface area contributed by atoms with E-state index >= 15 is 0 Å². The van der Waals surface area contributed by atoms with Crippen LogP contribution in [0.4, 0.5) is 0 Å². The number of halogens is 1. The Morgan fingerprint density at radius 2 is 1.69 bits per heavy atom. The van der Waals surface area contributed by atoms with Crippen molar-refractivity contribution in [3.63, 3.8) is 0 Å². The third kappa shape index (κ3) is 2.12. The molecule has 3 heteroatoms. The van der Waals surface area contributed by atoms with E-state index in [-0.39, 0.29) is 12.2 Å². The van der Waals surface area contributed by atoms with Crippen LogP contribution in [0.1, 0.15) is 16.8 Å². The zero-order valence-electron chi connectivity index (χ0n) is 8.44. The van der Waals surface area contributed by atoms with Crippen molar-refractivity contribution in [3.8, 4) is 0 Å². The third-order valence-electron chi connectivity index (χ3n) is 2.39. The summed E-state index contributed by atoms with van der Waals surface area (Å²) in [4.78, 5) is 22.5. The Morgan fingerprint density at radius 3 is 2.44 bits per heavy atom. The van der Waals surface area contributed by atoms with Gasteiger partial charge in [0, 0.05) is 5.56 Å². The predicted molar refractivity (Wildman–Crippen MR) is 63.8 cm³/mol. The van der Waals surface area contributed by atoms with Crippen LogP contribution in [0.2, 0.25) is 0 Å². The van der Waals surface area contributed by atoms with Crippen LogP contribution in [0.15, 0.2) is 42.5 Å². The van der Waals surface area contributed by atoms with Gasteiger partial charge in [0.1, 0.15) is 0 Å². The molecule has 80 valence electrons. The molecule has 0 spiro atoms. The Morgan fingerprint density at radius 1 is 1.00 bits per heavy atom. The summed E-state index contributed by atoms with van der Waals surface area (Å²) in [5.74, 6) is -0.239. The minimum Gasteiger partial charge on any atom is -0.294 e. The van der Waals surface area contributed by atoms with Crippen molar-refractivity contribution in [3.05, 3.63) is 48.0 Å². The third-order valence-corrected chi connectivity index (χ3v) is 2.52. The van der Waals surface area contributed by atoms with Gasteiger partial charge in [-0.1, -0.05) is 42.5 Å². The maximum atomic E-state index is 11.8. The molecule has 0 unspecified atom stereocenters. The number of fused-ring (bicyclic) bond motifs is 1. The van der Waals surface area contributed by atoms with Gasteiger partial charge in [-0.15, -0.1) is 0 Å². The van der Waals surface area contributed by atoms with Gasteiger partial charge in [0.05, 0.1) is 6.42 Å². The first kappa shape index (κ1) is 10.8. The van der Waals surface area contributed by atoms with Gasteiger partial charge in [0.15, 0.2) is 5.78 Å². The molecule has 0 aliphatic heterocycles. The molecular weight excluding hydrogens is 224 g/mol. The van der Waals surface area contributed by atoms with E-state index in [1.807, 2.05) is 30.3 Å². The van der Waals surface area contributed by atoms with E-state index in [1.54, 1.807) is 12.1 Å². The lowest BCUT2D eigenvalue weighted by Gasteiger charge is -2.03. The Labute approximate surface area is 97.8 Å². The standard InChI is InChI=1S/C13H9ClO2/c14-13(16)8-12(15)11-7-3-5-9-4-1-2-6-10(9)11/h1-7H,8H2. The summed E-state index contributed by atoms with van der Waals surface area (Å²) in [5.41, 5.74) is 0.548. The molecule has 0 N–H and O–H groups in total. The van der Waals surface area contributed by atoms with Crippen molar-refractivity contribution >= 4 is 33.4 Å². The molecule has 0 saturated carbocycles. The lowest BCUT2D eigenvalue weighted by atomic mass is 10.0. The zero-order chi connectivity index (χ0) is 11.5. The Bertz CT molecular complexity index is 555. The normalized spacial score (nSPS) is 10.3. The van der Waals surface area contributed by atoms with Crippen LogP contribution in [0, 0.1) is 0 Å². The van der Waals surface area contributed by atoms with Crippen LogP contribution in [-0.4, -0.2) is 11.0 Å². The first-order valence-corrected chi connectivity index (χ1v) is 5.25. The van der Waals surface area contributed by atoms with Gasteiger partial charge >= 0.3 is 0 Å². The molecule has 0 bridgehead atoms. The zero-order valence-corrected chi connectivity index (χ0v) is 9.20. The summed E-state index contributed by atoms with van der Waals surface area (Å²) in [7, 11) is 0. The van der Waals surface area contributed by atoms with Crippen molar-refractivity contribution in [2.24, 2.45) is 0 Å². The molecule has 0 radical (unpaired) electrons. The van der Waals surface area contributed by atoms with Crippen molar-refractivity contribution in [1.29, 1.82) is 0 Å². The van der Waals surface area contributed by atoms with Crippen molar-refractivity contribution in [2.45, 2.75) is 6.42 Å². The fourth-order valence-corrected chi connectivity index (χ4v) is 1.81. The number of Topliss-reactive ketones (excluding diaryl/α,β-unsaturated/α-hetero) is 1. The fourth-order valence-electron chi connectivity index (χ4n) is 1.69. The van der Waals surface area contributed by atoms with Crippen molar-refractivity contribution < 1.29 is 9.59 Å². The highest BCUT2D eigenvalue weighted by molar-refractivity contribution is 6.65. The molecular formula is C13H9ClO2. The molecule has 16 heavy (non-hydrogen) atoms. The van der Waals surface area contributed by atoms with E-state index in [1.165, 1.54) is 0 Å². The molecule has 0 aliphatic carbocycles. The molecule has 0 fully saturated rings. The summed E-state index contributed by atoms with van der Waals surface area (Å²) >= 11 is 5.21. The van der Waals surface area contributed by atoms with Gasteiger partial charge in [-0.2, -0.15) is 0 Å². The molecule has 2 nitrogen and oxygen atoms in total. The molecule has 0 atom stereocenters. The van der Waals surface area contributed by atoms with Gasteiger partial charge in [0.2, 0.25) is 5.24 Å². The highest BCUT2D eigenvalue weighted by Gasteiger charge is 2.12. The smallest absolute Gasteiger partial charge is 0.229 e. The molecule has 0 heterocycles. The largest absolute Gasteiger partial charge is 0.294 e. The molecule has 0 aromatic heterocycles. The van der Waals surface area contributed by atoms with Crippen LogP contribution in [0.25, 0.3) is 10.8 Å². The Hall–Kier alpha value is -1.67. The molecule has 2 aromatic rings. The van der Waals surface area contributed by atoms with E-state index in [4.69, 9.17) is 11.6 Å². The average Bonchev–Trinajstić information content (AvgIpc) is 2.27. The topological polar surface area (TPSA) is 34.1 Å². The second kappa shape index (κ2) is 4.45. The maximum absolute atomic E-state index is 11.8. The van der Waals surface area contributed by atoms with Gasteiger partial charge in [-0.05, 0) is 22.4 Å². The number of rotatable bonds is 3. The summed E-state index contributed by atoms with van der Waals surface area (Å²) in [6.45, 7) is 0. The van der Waals surface area contributed by atoms with Crippen molar-refractivity contribution in [2.75, 3.05) is 0 Å². The summed E-state index contributed by atoms with van der Waals surface area (Å²) in [5, 5.41) is 1.21. The van der Waals surface area contributed by atoms with E-state index in [0.717, 1.165) is 10.8 Å². The number of carbonyl (C=O) groups excluding carboxylic acids is 2. The fraction of sp³-hybridized carbons (Fsp3) is 0.0769. The lowest BCUT2D eigenvalue weighted by Crippen LogP contribution is -2.03. The van der Waals surface area contributed by atoms with Crippen LogP contribution >= 0.6 is 11.6 Å². The SMILES string of the molecule is O=C(Cl)CC(=O)c1cccc2ccccc12. The van der Waals surface area contributed by atoms with Crippen LogP contribution in [-0.2, 0) is 4.79 Å². The van der Waals surface area contributed by atoms with E-state index < -0.39 is 5.24 Å². The van der Waals surface area contributed by atoms with Crippen LogP contribution < -0.4 is 0 Å². The first-order chi connectivity index (χ1) is 7.68. The second-order valence-corrected chi connectivity index (χ2v) is 3.90. The predicted octanol–water partition coefficient (Wildman–Crippen LogP) is 3.18. The minimum absolute atomic E-state index is 0.239. The molecule has 0 saturated heterocycles. The maximum Gasteiger partial charge on any atom is 0.229 e. The number of carbonyl (C=O) groups is 2.